The number of carbonyl (C=O) groups excluding carboxylic acids is 1. The molecule has 3 aromatic rings. The first kappa shape index (κ1) is 14.4. The molecule has 0 aliphatic carbocycles. The topological polar surface area (TPSA) is 53.4 Å². The van der Waals surface area contributed by atoms with Gasteiger partial charge in [0, 0.05) is 10.9 Å². The quantitative estimate of drug-likeness (QED) is 0.691. The van der Waals surface area contributed by atoms with Gasteiger partial charge in [-0.15, -0.1) is 0 Å². The van der Waals surface area contributed by atoms with Crippen molar-refractivity contribution in [3.05, 3.63) is 47.1 Å². The minimum atomic E-state index is 0.419. The molecule has 1 aromatic heterocycles. The third kappa shape index (κ3) is 2.29. The molecule has 0 atom stereocenters. The Bertz CT molecular complexity index is 858. The van der Waals surface area contributed by atoms with Gasteiger partial charge in [-0.25, -0.2) is 4.68 Å². The Morgan fingerprint density at radius 2 is 1.77 bits per heavy atom. The van der Waals surface area contributed by atoms with Crippen molar-refractivity contribution in [2.45, 2.75) is 0 Å². The van der Waals surface area contributed by atoms with Gasteiger partial charge in [0.1, 0.15) is 16.7 Å². The van der Waals surface area contributed by atoms with Crippen LogP contribution >= 0.6 is 11.6 Å². The monoisotopic (exact) mass is 316 g/mol. The molecule has 0 saturated heterocycles. The summed E-state index contributed by atoms with van der Waals surface area (Å²) >= 11 is 6.42. The van der Waals surface area contributed by atoms with E-state index in [0.29, 0.717) is 27.9 Å². The van der Waals surface area contributed by atoms with Crippen LogP contribution in [-0.4, -0.2) is 30.3 Å². The molecule has 22 heavy (non-hydrogen) atoms. The van der Waals surface area contributed by atoms with Gasteiger partial charge in [0.2, 0.25) is 0 Å². The molecule has 0 aliphatic rings. The van der Waals surface area contributed by atoms with E-state index in [-0.39, 0.29) is 0 Å². The highest BCUT2D eigenvalue weighted by Gasteiger charge is 2.15. The van der Waals surface area contributed by atoms with Crippen LogP contribution < -0.4 is 9.47 Å². The third-order valence-electron chi connectivity index (χ3n) is 3.41. The number of nitrogens with zero attached hydrogens (tertiary/aromatic N) is 2. The van der Waals surface area contributed by atoms with E-state index < -0.39 is 0 Å². The van der Waals surface area contributed by atoms with Crippen molar-refractivity contribution in [3.8, 4) is 17.2 Å². The van der Waals surface area contributed by atoms with Gasteiger partial charge in [-0.05, 0) is 36.4 Å². The van der Waals surface area contributed by atoms with Crippen LogP contribution in [-0.2, 0) is 0 Å². The lowest BCUT2D eigenvalue weighted by Gasteiger charge is -2.08. The van der Waals surface area contributed by atoms with E-state index in [1.807, 2.05) is 18.2 Å². The number of halogens is 1. The predicted octanol–water partition coefficient (Wildman–Crippen LogP) is 3.51. The Kier molecular flexibility index (Phi) is 3.73. The Labute approximate surface area is 132 Å². The summed E-state index contributed by atoms with van der Waals surface area (Å²) in [5.41, 5.74) is 1.76. The Balaban J connectivity index is 2.22. The third-order valence-corrected chi connectivity index (χ3v) is 3.77. The summed E-state index contributed by atoms with van der Waals surface area (Å²) in [6.07, 6.45) is 0.751. The van der Waals surface area contributed by atoms with Gasteiger partial charge in [-0.3, -0.25) is 4.79 Å². The number of rotatable bonds is 4. The lowest BCUT2D eigenvalue weighted by Crippen LogP contribution is -2.01. The van der Waals surface area contributed by atoms with Crippen LogP contribution in [0.4, 0.5) is 0 Å². The molecule has 0 spiro atoms. The van der Waals surface area contributed by atoms with Gasteiger partial charge < -0.3 is 9.47 Å². The second kappa shape index (κ2) is 5.69. The van der Waals surface area contributed by atoms with E-state index in [1.54, 1.807) is 32.4 Å². The van der Waals surface area contributed by atoms with Crippen molar-refractivity contribution in [2.24, 2.45) is 0 Å². The smallest absolute Gasteiger partial charge is 0.152 e. The second-order valence-corrected chi connectivity index (χ2v) is 4.99. The molecule has 0 radical (unpaired) electrons. The first-order valence-corrected chi connectivity index (χ1v) is 6.91. The molecule has 0 amide bonds. The lowest BCUT2D eigenvalue weighted by molar-refractivity contribution is 0.112. The van der Waals surface area contributed by atoms with Gasteiger partial charge >= 0.3 is 0 Å². The summed E-state index contributed by atoms with van der Waals surface area (Å²) in [4.78, 5) is 11.3. The lowest BCUT2D eigenvalue weighted by atomic mass is 10.2. The fourth-order valence-corrected chi connectivity index (χ4v) is 2.55. The second-order valence-electron chi connectivity index (χ2n) is 4.63. The van der Waals surface area contributed by atoms with E-state index in [2.05, 4.69) is 5.10 Å². The first-order chi connectivity index (χ1) is 10.7. The minimum absolute atomic E-state index is 0.419. The molecule has 0 N–H and O–H groups in total. The zero-order chi connectivity index (χ0) is 15.7. The number of benzene rings is 2. The largest absolute Gasteiger partial charge is 0.497 e. The van der Waals surface area contributed by atoms with Crippen molar-refractivity contribution in [1.29, 1.82) is 0 Å². The number of carbonyl (C=O) groups is 1. The van der Waals surface area contributed by atoms with Crippen LogP contribution in [0.25, 0.3) is 16.6 Å². The Hall–Kier alpha value is -2.53. The molecular formula is C16H13ClN2O3. The van der Waals surface area contributed by atoms with Gasteiger partial charge in [-0.2, -0.15) is 5.10 Å². The van der Waals surface area contributed by atoms with E-state index in [1.165, 1.54) is 4.68 Å². The summed E-state index contributed by atoms with van der Waals surface area (Å²) in [6.45, 7) is 0. The number of methoxy groups -OCH3 is 2. The number of ether oxygens (including phenoxy) is 2. The fourth-order valence-electron chi connectivity index (χ4n) is 2.27. The summed E-state index contributed by atoms with van der Waals surface area (Å²) in [7, 11) is 3.14. The van der Waals surface area contributed by atoms with E-state index in [0.717, 1.165) is 17.2 Å². The molecule has 112 valence electrons. The number of fused-ring (bicyclic) bond motifs is 1. The molecule has 6 heteroatoms. The van der Waals surface area contributed by atoms with Crippen LogP contribution in [0.1, 0.15) is 10.4 Å². The summed E-state index contributed by atoms with van der Waals surface area (Å²) < 4.78 is 11.9. The molecular weight excluding hydrogens is 304 g/mol. The van der Waals surface area contributed by atoms with Gasteiger partial charge in [0.15, 0.2) is 6.29 Å². The predicted molar refractivity (Wildman–Crippen MR) is 84.6 cm³/mol. The highest BCUT2D eigenvalue weighted by Crippen LogP contribution is 2.31. The highest BCUT2D eigenvalue weighted by atomic mass is 35.5. The van der Waals surface area contributed by atoms with Crippen molar-refractivity contribution in [1.82, 2.24) is 9.78 Å². The number of hydrogen-bond donors (Lipinski definition) is 0. The molecule has 0 unspecified atom stereocenters. The van der Waals surface area contributed by atoms with Gasteiger partial charge in [0.25, 0.3) is 0 Å². The maximum atomic E-state index is 11.3. The molecule has 1 heterocycles. The van der Waals surface area contributed by atoms with Crippen molar-refractivity contribution < 1.29 is 14.3 Å². The molecule has 3 rings (SSSR count). The minimum Gasteiger partial charge on any atom is -0.497 e. The standard InChI is InChI=1S/C16H13ClN2O3/c1-21-11-4-6-15(10(7-11)9-20)19-16(17)13-8-12(22-2)3-5-14(13)18-19/h3-9H,1-2H3. The summed E-state index contributed by atoms with van der Waals surface area (Å²) in [5, 5.41) is 5.63. The number of hydrogen-bond acceptors (Lipinski definition) is 4. The highest BCUT2D eigenvalue weighted by molar-refractivity contribution is 6.34. The molecule has 5 nitrogen and oxygen atoms in total. The van der Waals surface area contributed by atoms with Crippen molar-refractivity contribution in [3.63, 3.8) is 0 Å². The molecule has 0 bridgehead atoms. The average molecular weight is 317 g/mol. The van der Waals surface area contributed by atoms with E-state index in [4.69, 9.17) is 21.1 Å². The van der Waals surface area contributed by atoms with Crippen LogP contribution in [0.15, 0.2) is 36.4 Å². The van der Waals surface area contributed by atoms with E-state index >= 15 is 0 Å². The van der Waals surface area contributed by atoms with Gasteiger partial charge in [0.05, 0.1) is 25.4 Å². The van der Waals surface area contributed by atoms with Crippen LogP contribution in [0, 0.1) is 0 Å². The molecule has 0 fully saturated rings. The van der Waals surface area contributed by atoms with Crippen molar-refractivity contribution >= 4 is 28.8 Å². The number of aldehydes is 1. The zero-order valence-electron chi connectivity index (χ0n) is 12.0. The molecule has 2 aromatic carbocycles. The van der Waals surface area contributed by atoms with Gasteiger partial charge in [-0.1, -0.05) is 11.6 Å². The number of aromatic nitrogens is 2. The van der Waals surface area contributed by atoms with E-state index in [9.17, 15) is 4.79 Å². The first-order valence-electron chi connectivity index (χ1n) is 6.53. The normalized spacial score (nSPS) is 10.7. The molecule has 0 saturated carbocycles. The van der Waals surface area contributed by atoms with Crippen LogP contribution in [0.2, 0.25) is 5.15 Å². The maximum absolute atomic E-state index is 11.3. The van der Waals surface area contributed by atoms with Crippen LogP contribution in [0.3, 0.4) is 0 Å². The zero-order valence-corrected chi connectivity index (χ0v) is 12.8. The summed E-state index contributed by atoms with van der Waals surface area (Å²) in [5.74, 6) is 1.29. The fraction of sp³-hybridized carbons (Fsp3) is 0.125. The Morgan fingerprint density at radius 1 is 1.09 bits per heavy atom. The average Bonchev–Trinajstić information content (AvgIpc) is 2.90. The van der Waals surface area contributed by atoms with Crippen molar-refractivity contribution in [2.75, 3.05) is 14.2 Å². The summed E-state index contributed by atoms with van der Waals surface area (Å²) in [6, 6.07) is 10.6. The molecule has 0 aliphatic heterocycles. The SMILES string of the molecule is COc1ccc(-n2nc3ccc(OC)cc3c2Cl)c(C=O)c1. The maximum Gasteiger partial charge on any atom is 0.152 e. The van der Waals surface area contributed by atoms with Crippen LogP contribution in [0.5, 0.6) is 11.5 Å². The Morgan fingerprint density at radius 3 is 2.45 bits per heavy atom.